The van der Waals surface area contributed by atoms with Crippen molar-refractivity contribution in [1.29, 1.82) is 0 Å². The van der Waals surface area contributed by atoms with Gasteiger partial charge in [0, 0.05) is 9.75 Å². The van der Waals surface area contributed by atoms with Gasteiger partial charge in [-0.25, -0.2) is 0 Å². The maximum atomic E-state index is 10.7. The molecule has 0 saturated heterocycles. The van der Waals surface area contributed by atoms with Crippen molar-refractivity contribution in [2.75, 3.05) is 0 Å². The van der Waals surface area contributed by atoms with Crippen molar-refractivity contribution >= 4 is 34.5 Å². The molecule has 4 nitrogen and oxygen atoms in total. The summed E-state index contributed by atoms with van der Waals surface area (Å²) in [5.74, 6) is -0.647. The first-order valence-corrected chi connectivity index (χ1v) is 7.59. The Morgan fingerprint density at radius 3 is 1.20 bits per heavy atom. The lowest BCUT2D eigenvalue weighted by atomic mass is 10.3. The highest BCUT2D eigenvalue weighted by Crippen LogP contribution is 2.20. The van der Waals surface area contributed by atoms with Crippen LogP contribution in [0.3, 0.4) is 0 Å². The number of primary amides is 2. The van der Waals surface area contributed by atoms with E-state index in [1.54, 1.807) is 0 Å². The third-order valence-electron chi connectivity index (χ3n) is 2.53. The first-order chi connectivity index (χ1) is 9.22. The summed E-state index contributed by atoms with van der Waals surface area (Å²) in [5, 5.41) is 0. The smallest absolute Gasteiger partial charge is 0.259 e. The maximum Gasteiger partial charge on any atom is 0.259 e. The van der Waals surface area contributed by atoms with Gasteiger partial charge in [-0.05, 0) is 51.0 Å². The fourth-order valence-corrected chi connectivity index (χ4v) is 3.53. The number of hydrogen-bond acceptors (Lipinski definition) is 4. The second kappa shape index (κ2) is 6.67. The molecule has 2 amide bonds. The number of hydrogen-bond donors (Lipinski definition) is 2. The number of amides is 2. The van der Waals surface area contributed by atoms with E-state index in [1.807, 2.05) is 39.8 Å². The Labute approximate surface area is 126 Å². The van der Waals surface area contributed by atoms with E-state index < -0.39 is 0 Å². The number of aryl methyl sites for hydroxylation is 4. The Morgan fingerprint density at radius 1 is 0.800 bits per heavy atom. The summed E-state index contributed by atoms with van der Waals surface area (Å²) < 4.78 is 0. The van der Waals surface area contributed by atoms with Crippen molar-refractivity contribution in [3.63, 3.8) is 0 Å². The van der Waals surface area contributed by atoms with E-state index in [0.29, 0.717) is 9.75 Å². The number of nitrogens with two attached hydrogens (primary N) is 2. The summed E-state index contributed by atoms with van der Waals surface area (Å²) in [6.45, 7) is 7.71. The van der Waals surface area contributed by atoms with Gasteiger partial charge in [-0.1, -0.05) is 0 Å². The zero-order valence-electron chi connectivity index (χ0n) is 11.9. The number of rotatable bonds is 2. The zero-order chi connectivity index (χ0) is 15.4. The zero-order valence-corrected chi connectivity index (χ0v) is 13.6. The van der Waals surface area contributed by atoms with Crippen LogP contribution in [0, 0.1) is 27.7 Å². The van der Waals surface area contributed by atoms with Crippen LogP contribution in [0.25, 0.3) is 0 Å². The Hall–Kier alpha value is -1.66. The highest BCUT2D eigenvalue weighted by Gasteiger charge is 2.07. The van der Waals surface area contributed by atoms with E-state index in [9.17, 15) is 9.59 Å². The van der Waals surface area contributed by atoms with Crippen molar-refractivity contribution in [3.8, 4) is 0 Å². The normalized spacial score (nSPS) is 9.80. The second-order valence-electron chi connectivity index (χ2n) is 4.47. The maximum absolute atomic E-state index is 10.7. The molecule has 0 radical (unpaired) electrons. The van der Waals surface area contributed by atoms with Crippen LogP contribution in [0.15, 0.2) is 12.1 Å². The Morgan fingerprint density at radius 2 is 1.10 bits per heavy atom. The topological polar surface area (TPSA) is 86.2 Å². The van der Waals surface area contributed by atoms with E-state index in [0.717, 1.165) is 20.9 Å². The van der Waals surface area contributed by atoms with Crippen LogP contribution in [-0.2, 0) is 0 Å². The standard InChI is InChI=1S/2C7H9NOS/c2*1-4-3-5(2)10-6(4)7(8)9/h2*3H,1-2H3,(H2,8,9). The summed E-state index contributed by atoms with van der Waals surface area (Å²) in [6, 6.07) is 3.93. The van der Waals surface area contributed by atoms with Crippen molar-refractivity contribution in [3.05, 3.63) is 42.8 Å². The van der Waals surface area contributed by atoms with Crippen LogP contribution in [0.5, 0.6) is 0 Å². The van der Waals surface area contributed by atoms with E-state index in [2.05, 4.69) is 0 Å². The molecule has 0 aromatic carbocycles. The molecule has 2 rings (SSSR count). The Bertz CT molecular complexity index is 585. The van der Waals surface area contributed by atoms with Gasteiger partial charge in [-0.3, -0.25) is 9.59 Å². The number of thiophene rings is 2. The Kier molecular flexibility index (Phi) is 5.47. The van der Waals surface area contributed by atoms with E-state index >= 15 is 0 Å². The second-order valence-corrected chi connectivity index (χ2v) is 6.98. The lowest BCUT2D eigenvalue weighted by Crippen LogP contribution is -2.09. The Balaban J connectivity index is 0.000000200. The third kappa shape index (κ3) is 4.18. The molecule has 4 N–H and O–H groups in total. The SMILES string of the molecule is Cc1cc(C)c(C(N)=O)s1.Cc1cc(C)c(C(N)=O)s1. The molecule has 20 heavy (non-hydrogen) atoms. The van der Waals surface area contributed by atoms with Crippen LogP contribution in [0.1, 0.15) is 40.2 Å². The predicted octanol–water partition coefficient (Wildman–Crippen LogP) is 2.93. The summed E-state index contributed by atoms with van der Waals surface area (Å²) in [5.41, 5.74) is 12.2. The van der Waals surface area contributed by atoms with E-state index in [-0.39, 0.29) is 11.8 Å². The minimum Gasteiger partial charge on any atom is -0.365 e. The molecule has 0 fully saturated rings. The first-order valence-electron chi connectivity index (χ1n) is 5.96. The molecule has 0 saturated carbocycles. The first kappa shape index (κ1) is 16.4. The molecule has 2 heterocycles. The highest BCUT2D eigenvalue weighted by molar-refractivity contribution is 7.14. The summed E-state index contributed by atoms with van der Waals surface area (Å²) >= 11 is 2.90. The average Bonchev–Trinajstić information content (AvgIpc) is 2.82. The minimum atomic E-state index is -0.324. The van der Waals surface area contributed by atoms with Crippen molar-refractivity contribution < 1.29 is 9.59 Å². The molecular formula is C14H18N2O2S2. The molecule has 0 bridgehead atoms. The molecule has 0 atom stereocenters. The molecule has 0 unspecified atom stereocenters. The van der Waals surface area contributed by atoms with Crippen molar-refractivity contribution in [1.82, 2.24) is 0 Å². The van der Waals surface area contributed by atoms with Gasteiger partial charge >= 0.3 is 0 Å². The molecule has 2 aromatic rings. The lowest BCUT2D eigenvalue weighted by Gasteiger charge is -1.87. The minimum absolute atomic E-state index is 0.324. The van der Waals surface area contributed by atoms with E-state index in [4.69, 9.17) is 11.5 Å². The van der Waals surface area contributed by atoms with Crippen LogP contribution < -0.4 is 11.5 Å². The van der Waals surface area contributed by atoms with Gasteiger partial charge in [0.2, 0.25) is 0 Å². The predicted molar refractivity (Wildman–Crippen MR) is 84.6 cm³/mol. The molecule has 0 aliphatic heterocycles. The van der Waals surface area contributed by atoms with Crippen LogP contribution >= 0.6 is 22.7 Å². The van der Waals surface area contributed by atoms with Crippen molar-refractivity contribution in [2.24, 2.45) is 11.5 Å². The number of carbonyl (C=O) groups is 2. The average molecular weight is 310 g/mol. The van der Waals surface area contributed by atoms with Gasteiger partial charge in [0.25, 0.3) is 11.8 Å². The van der Waals surface area contributed by atoms with E-state index in [1.165, 1.54) is 22.7 Å². The molecule has 2 aromatic heterocycles. The molecular weight excluding hydrogens is 292 g/mol. The van der Waals surface area contributed by atoms with Crippen LogP contribution in [0.2, 0.25) is 0 Å². The highest BCUT2D eigenvalue weighted by atomic mass is 32.1. The summed E-state index contributed by atoms with van der Waals surface area (Å²) in [4.78, 5) is 25.0. The molecule has 0 spiro atoms. The molecule has 0 aliphatic carbocycles. The molecule has 108 valence electrons. The quantitative estimate of drug-likeness (QED) is 0.893. The molecule has 0 aliphatic rings. The number of carbonyl (C=O) groups excluding carboxylic acids is 2. The van der Waals surface area contributed by atoms with Gasteiger partial charge in [0.15, 0.2) is 0 Å². The molecule has 6 heteroatoms. The van der Waals surface area contributed by atoms with Gasteiger partial charge in [-0.2, -0.15) is 0 Å². The largest absolute Gasteiger partial charge is 0.365 e. The van der Waals surface area contributed by atoms with Crippen molar-refractivity contribution in [2.45, 2.75) is 27.7 Å². The van der Waals surface area contributed by atoms with Gasteiger partial charge < -0.3 is 11.5 Å². The van der Waals surface area contributed by atoms with Crippen LogP contribution in [-0.4, -0.2) is 11.8 Å². The lowest BCUT2D eigenvalue weighted by molar-refractivity contribution is 0.0995. The monoisotopic (exact) mass is 310 g/mol. The third-order valence-corrected chi connectivity index (χ3v) is 4.86. The van der Waals surface area contributed by atoms with Gasteiger partial charge in [-0.15, -0.1) is 22.7 Å². The summed E-state index contributed by atoms with van der Waals surface area (Å²) in [7, 11) is 0. The van der Waals surface area contributed by atoms with Crippen LogP contribution in [0.4, 0.5) is 0 Å². The van der Waals surface area contributed by atoms with Gasteiger partial charge in [0.1, 0.15) is 0 Å². The fraction of sp³-hybridized carbons (Fsp3) is 0.286. The van der Waals surface area contributed by atoms with Gasteiger partial charge in [0.05, 0.1) is 9.75 Å². The summed E-state index contributed by atoms with van der Waals surface area (Å²) in [6.07, 6.45) is 0. The fourth-order valence-electron chi connectivity index (χ4n) is 1.77.